The average molecular weight is 346 g/mol. The van der Waals surface area contributed by atoms with Crippen molar-refractivity contribution in [3.63, 3.8) is 0 Å². The zero-order chi connectivity index (χ0) is 17.9. The van der Waals surface area contributed by atoms with Crippen molar-refractivity contribution in [2.45, 2.75) is 46.0 Å². The standard InChI is InChI=1S/C24H28NO/c1-3-5-10-18(4-2)17-26-25-23-14-9-7-12-20(23)16-21-15-19-11-6-8-13-22(19)24(21)25/h6-9,11-14,16,18H,3-5,10,15,17H2,1-2H3/q+1. The van der Waals surface area contributed by atoms with Crippen molar-refractivity contribution in [1.29, 1.82) is 0 Å². The molecule has 0 bridgehead atoms. The third kappa shape index (κ3) is 3.09. The highest BCUT2D eigenvalue weighted by molar-refractivity contribution is 5.82. The van der Waals surface area contributed by atoms with Crippen LogP contribution in [0.3, 0.4) is 0 Å². The van der Waals surface area contributed by atoms with Crippen LogP contribution in [0.4, 0.5) is 0 Å². The fourth-order valence-electron chi connectivity index (χ4n) is 4.04. The Kier molecular flexibility index (Phi) is 4.92. The molecule has 0 radical (unpaired) electrons. The van der Waals surface area contributed by atoms with Gasteiger partial charge in [0.15, 0.2) is 6.61 Å². The van der Waals surface area contributed by atoms with Gasteiger partial charge in [-0.2, -0.15) is 0 Å². The van der Waals surface area contributed by atoms with Gasteiger partial charge in [-0.05, 0) is 42.5 Å². The second-order valence-electron chi connectivity index (χ2n) is 7.42. The summed E-state index contributed by atoms with van der Waals surface area (Å²) in [7, 11) is 0. The van der Waals surface area contributed by atoms with Crippen molar-refractivity contribution in [2.75, 3.05) is 6.61 Å². The van der Waals surface area contributed by atoms with E-state index >= 15 is 0 Å². The molecule has 4 rings (SSSR count). The average Bonchev–Trinajstić information content (AvgIpc) is 3.05. The summed E-state index contributed by atoms with van der Waals surface area (Å²) >= 11 is 0. The molecule has 0 fully saturated rings. The van der Waals surface area contributed by atoms with E-state index in [9.17, 15) is 0 Å². The maximum Gasteiger partial charge on any atom is 0.269 e. The molecule has 1 aromatic heterocycles. The fourth-order valence-corrected chi connectivity index (χ4v) is 4.04. The lowest BCUT2D eigenvalue weighted by atomic mass is 10.0. The number of nitrogens with zero attached hydrogens (tertiary/aromatic N) is 1. The van der Waals surface area contributed by atoms with Crippen LogP contribution < -0.4 is 9.57 Å². The molecule has 0 aliphatic heterocycles. The lowest BCUT2D eigenvalue weighted by Crippen LogP contribution is -2.47. The van der Waals surface area contributed by atoms with E-state index in [1.165, 1.54) is 53.5 Å². The molecule has 3 aromatic rings. The summed E-state index contributed by atoms with van der Waals surface area (Å²) in [6, 6.07) is 19.6. The van der Waals surface area contributed by atoms with Gasteiger partial charge >= 0.3 is 0 Å². The first-order valence-electron chi connectivity index (χ1n) is 10.00. The smallest absolute Gasteiger partial charge is 0.269 e. The number of rotatable bonds is 7. The van der Waals surface area contributed by atoms with Crippen LogP contribution in [0.2, 0.25) is 0 Å². The van der Waals surface area contributed by atoms with Gasteiger partial charge in [0.05, 0.1) is 10.9 Å². The Bertz CT molecular complexity index is 915. The van der Waals surface area contributed by atoms with E-state index < -0.39 is 0 Å². The maximum absolute atomic E-state index is 6.49. The Morgan fingerprint density at radius 3 is 2.65 bits per heavy atom. The number of hydrogen-bond donors (Lipinski definition) is 0. The predicted molar refractivity (Wildman–Crippen MR) is 107 cm³/mol. The van der Waals surface area contributed by atoms with E-state index in [1.807, 2.05) is 0 Å². The molecule has 1 aliphatic carbocycles. The van der Waals surface area contributed by atoms with Gasteiger partial charge in [0.2, 0.25) is 0 Å². The van der Waals surface area contributed by atoms with E-state index in [2.05, 4.69) is 73.2 Å². The number of pyridine rings is 1. The van der Waals surface area contributed by atoms with Gasteiger partial charge < -0.3 is 0 Å². The van der Waals surface area contributed by atoms with Gasteiger partial charge in [0.1, 0.15) is 0 Å². The monoisotopic (exact) mass is 346 g/mol. The number of aromatic nitrogens is 1. The van der Waals surface area contributed by atoms with Gasteiger partial charge in [-0.3, -0.25) is 4.84 Å². The van der Waals surface area contributed by atoms with Gasteiger partial charge in [-0.15, -0.1) is 0 Å². The highest BCUT2D eigenvalue weighted by Crippen LogP contribution is 2.35. The minimum atomic E-state index is 0.619. The number of hydrogen-bond acceptors (Lipinski definition) is 1. The largest absolute Gasteiger partial charge is 0.270 e. The number of para-hydroxylation sites is 1. The van der Waals surface area contributed by atoms with Crippen molar-refractivity contribution in [3.8, 4) is 11.3 Å². The molecule has 0 amide bonds. The lowest BCUT2D eigenvalue weighted by Gasteiger charge is -2.13. The van der Waals surface area contributed by atoms with Crippen molar-refractivity contribution < 1.29 is 9.57 Å². The van der Waals surface area contributed by atoms with Crippen LogP contribution in [0.1, 0.15) is 50.7 Å². The molecule has 0 saturated heterocycles. The summed E-state index contributed by atoms with van der Waals surface area (Å²) in [5.74, 6) is 0.619. The van der Waals surface area contributed by atoms with Crippen molar-refractivity contribution >= 4 is 10.9 Å². The number of benzene rings is 2. The highest BCUT2D eigenvalue weighted by Gasteiger charge is 2.32. The molecule has 134 valence electrons. The summed E-state index contributed by atoms with van der Waals surface area (Å²) in [6.07, 6.45) is 5.94. The van der Waals surface area contributed by atoms with Crippen LogP contribution >= 0.6 is 0 Å². The van der Waals surface area contributed by atoms with Gasteiger partial charge in [0, 0.05) is 22.8 Å². The quantitative estimate of drug-likeness (QED) is 0.412. The van der Waals surface area contributed by atoms with Crippen LogP contribution in [0, 0.1) is 5.92 Å². The zero-order valence-electron chi connectivity index (χ0n) is 15.9. The Morgan fingerprint density at radius 1 is 1.00 bits per heavy atom. The first kappa shape index (κ1) is 17.1. The number of unbranched alkanes of at least 4 members (excludes halogenated alkanes) is 1. The zero-order valence-corrected chi connectivity index (χ0v) is 15.9. The van der Waals surface area contributed by atoms with E-state index in [0.717, 1.165) is 18.5 Å². The third-order valence-electron chi connectivity index (χ3n) is 5.63. The molecular formula is C24H28NO+. The second kappa shape index (κ2) is 7.49. The molecule has 0 N–H and O–H groups in total. The summed E-state index contributed by atoms with van der Waals surface area (Å²) in [5, 5.41) is 1.25. The second-order valence-corrected chi connectivity index (χ2v) is 7.42. The third-order valence-corrected chi connectivity index (χ3v) is 5.63. The van der Waals surface area contributed by atoms with Crippen LogP contribution in [0.25, 0.3) is 22.2 Å². The number of fused-ring (bicyclic) bond motifs is 4. The van der Waals surface area contributed by atoms with Crippen molar-refractivity contribution in [1.82, 2.24) is 0 Å². The molecule has 0 saturated carbocycles. The summed E-state index contributed by atoms with van der Waals surface area (Å²) in [4.78, 5) is 6.49. The van der Waals surface area contributed by atoms with Gasteiger partial charge in [0.25, 0.3) is 11.2 Å². The first-order chi connectivity index (χ1) is 12.8. The molecule has 0 spiro atoms. The summed E-state index contributed by atoms with van der Waals surface area (Å²) in [6.45, 7) is 5.32. The summed E-state index contributed by atoms with van der Waals surface area (Å²) in [5.41, 5.74) is 6.48. The SMILES string of the molecule is CCCCC(CC)CO[n+]1c2c(cc3ccccc31)Cc1ccccc1-2. The van der Waals surface area contributed by atoms with Crippen molar-refractivity contribution in [3.05, 3.63) is 65.7 Å². The molecule has 2 nitrogen and oxygen atoms in total. The Balaban J connectivity index is 1.76. The minimum Gasteiger partial charge on any atom is -0.270 e. The normalized spacial score (nSPS) is 13.5. The van der Waals surface area contributed by atoms with Crippen LogP contribution in [0.5, 0.6) is 0 Å². The molecule has 26 heavy (non-hydrogen) atoms. The Hall–Kier alpha value is -2.35. The molecule has 2 aromatic carbocycles. The van der Waals surface area contributed by atoms with E-state index in [-0.39, 0.29) is 0 Å². The Labute approximate surface area is 156 Å². The molecule has 2 heteroatoms. The molecular weight excluding hydrogens is 318 g/mol. The Morgan fingerprint density at radius 2 is 1.81 bits per heavy atom. The highest BCUT2D eigenvalue weighted by atomic mass is 16.7. The lowest BCUT2D eigenvalue weighted by molar-refractivity contribution is -0.864. The maximum atomic E-state index is 6.49. The van der Waals surface area contributed by atoms with Crippen molar-refractivity contribution in [2.24, 2.45) is 5.92 Å². The molecule has 1 atom stereocenters. The van der Waals surface area contributed by atoms with Gasteiger partial charge in [-0.1, -0.05) is 57.0 Å². The molecule has 1 aliphatic rings. The van der Waals surface area contributed by atoms with E-state index in [0.29, 0.717) is 5.92 Å². The minimum absolute atomic E-state index is 0.619. The van der Waals surface area contributed by atoms with E-state index in [4.69, 9.17) is 4.84 Å². The predicted octanol–water partition coefficient (Wildman–Crippen LogP) is 5.34. The van der Waals surface area contributed by atoms with E-state index in [1.54, 1.807) is 0 Å². The fraction of sp³-hybridized carbons (Fsp3) is 0.375. The molecule has 1 unspecified atom stereocenters. The topological polar surface area (TPSA) is 13.1 Å². The van der Waals surface area contributed by atoms with Crippen LogP contribution in [-0.2, 0) is 6.42 Å². The van der Waals surface area contributed by atoms with Gasteiger partial charge in [-0.25, -0.2) is 0 Å². The molecule has 1 heterocycles. The van der Waals surface area contributed by atoms with Crippen LogP contribution in [-0.4, -0.2) is 6.61 Å². The summed E-state index contributed by atoms with van der Waals surface area (Å²) < 4.78 is 2.12. The van der Waals surface area contributed by atoms with Crippen LogP contribution in [0.15, 0.2) is 54.6 Å². The first-order valence-corrected chi connectivity index (χ1v) is 10.00.